The Hall–Kier alpha value is -1.15. The summed E-state index contributed by atoms with van der Waals surface area (Å²) in [6.45, 7) is 3.39. The van der Waals surface area contributed by atoms with Crippen molar-refractivity contribution < 1.29 is 4.79 Å². The minimum atomic E-state index is 0.153. The van der Waals surface area contributed by atoms with Gasteiger partial charge in [-0.3, -0.25) is 4.79 Å². The molecule has 0 bridgehead atoms. The van der Waals surface area contributed by atoms with Crippen molar-refractivity contribution in [1.82, 2.24) is 4.90 Å². The highest BCUT2D eigenvalue weighted by molar-refractivity contribution is 5.88. The molecule has 2 nitrogen and oxygen atoms in total. The Kier molecular flexibility index (Phi) is 4.51. The van der Waals surface area contributed by atoms with Gasteiger partial charge in [-0.05, 0) is 44.3 Å². The van der Waals surface area contributed by atoms with E-state index in [1.54, 1.807) is 0 Å². The van der Waals surface area contributed by atoms with Crippen LogP contribution in [0.15, 0.2) is 30.3 Å². The van der Waals surface area contributed by atoms with Gasteiger partial charge in [0.15, 0.2) is 0 Å². The van der Waals surface area contributed by atoms with Gasteiger partial charge in [0.2, 0.25) is 0 Å². The number of ketones is 1. The van der Waals surface area contributed by atoms with Crippen LogP contribution in [0.3, 0.4) is 0 Å². The van der Waals surface area contributed by atoms with E-state index in [0.29, 0.717) is 5.78 Å². The molecule has 2 atom stereocenters. The smallest absolute Gasteiger partial charge is 0.144 e. The third-order valence-corrected chi connectivity index (χ3v) is 4.92. The zero-order chi connectivity index (χ0) is 13.8. The molecular formula is C18H25NO. The van der Waals surface area contributed by atoms with Gasteiger partial charge < -0.3 is 4.90 Å². The number of carbonyl (C=O) groups excluding carboxylic acids is 1. The molecule has 0 amide bonds. The molecule has 3 rings (SSSR count). The van der Waals surface area contributed by atoms with Crippen LogP contribution in [0.1, 0.15) is 50.0 Å². The van der Waals surface area contributed by atoms with Crippen LogP contribution in [0.5, 0.6) is 0 Å². The first-order valence-corrected chi connectivity index (χ1v) is 8.15. The van der Waals surface area contributed by atoms with E-state index >= 15 is 0 Å². The fourth-order valence-corrected chi connectivity index (χ4v) is 3.79. The largest absolute Gasteiger partial charge is 0.303 e. The van der Waals surface area contributed by atoms with Crippen molar-refractivity contribution in [3.63, 3.8) is 0 Å². The Morgan fingerprint density at radius 3 is 2.45 bits per heavy atom. The van der Waals surface area contributed by atoms with Gasteiger partial charge in [-0.15, -0.1) is 0 Å². The van der Waals surface area contributed by atoms with E-state index in [0.717, 1.165) is 19.4 Å². The normalized spacial score (nSPS) is 28.5. The van der Waals surface area contributed by atoms with Crippen LogP contribution in [0.4, 0.5) is 0 Å². The van der Waals surface area contributed by atoms with E-state index in [-0.39, 0.29) is 11.8 Å². The summed E-state index contributed by atoms with van der Waals surface area (Å²) in [7, 11) is 0. The molecule has 0 radical (unpaired) electrons. The second-order valence-electron chi connectivity index (χ2n) is 6.35. The topological polar surface area (TPSA) is 20.3 Å². The molecule has 1 saturated heterocycles. The molecule has 108 valence electrons. The first kappa shape index (κ1) is 13.8. The van der Waals surface area contributed by atoms with Gasteiger partial charge in [-0.25, -0.2) is 0 Å². The quantitative estimate of drug-likeness (QED) is 0.837. The number of likely N-dealkylation sites (tertiary alicyclic amines) is 1. The van der Waals surface area contributed by atoms with Gasteiger partial charge >= 0.3 is 0 Å². The molecule has 1 aliphatic carbocycles. The fraction of sp³-hybridized carbons (Fsp3) is 0.611. The predicted octanol–water partition coefficient (Wildman–Crippen LogP) is 3.63. The summed E-state index contributed by atoms with van der Waals surface area (Å²) in [6, 6.07) is 10.4. The maximum Gasteiger partial charge on any atom is 0.144 e. The average Bonchev–Trinajstić information content (AvgIpc) is 2.51. The van der Waals surface area contributed by atoms with Gasteiger partial charge in [0.05, 0.1) is 0 Å². The van der Waals surface area contributed by atoms with E-state index < -0.39 is 0 Å². The van der Waals surface area contributed by atoms with Gasteiger partial charge in [0, 0.05) is 18.4 Å². The molecule has 0 aromatic heterocycles. The molecule has 1 heterocycles. The summed E-state index contributed by atoms with van der Waals surface area (Å²) >= 11 is 0. The molecule has 0 spiro atoms. The third kappa shape index (κ3) is 3.12. The summed E-state index contributed by atoms with van der Waals surface area (Å²) in [5.74, 6) is 0.917. The van der Waals surface area contributed by atoms with Crippen molar-refractivity contribution in [2.45, 2.75) is 44.4 Å². The van der Waals surface area contributed by atoms with Crippen LogP contribution >= 0.6 is 0 Å². The number of hydrogen-bond donors (Lipinski definition) is 0. The van der Waals surface area contributed by atoms with Gasteiger partial charge in [-0.2, -0.15) is 0 Å². The Morgan fingerprint density at radius 1 is 0.950 bits per heavy atom. The molecule has 1 saturated carbocycles. The summed E-state index contributed by atoms with van der Waals surface area (Å²) < 4.78 is 0. The minimum Gasteiger partial charge on any atom is -0.303 e. The summed E-state index contributed by atoms with van der Waals surface area (Å²) in [5.41, 5.74) is 1.22. The van der Waals surface area contributed by atoms with Crippen LogP contribution < -0.4 is 0 Å². The second-order valence-corrected chi connectivity index (χ2v) is 6.35. The molecule has 0 unspecified atom stereocenters. The number of carbonyl (C=O) groups is 1. The predicted molar refractivity (Wildman–Crippen MR) is 81.8 cm³/mol. The minimum absolute atomic E-state index is 0.153. The van der Waals surface area contributed by atoms with Crippen molar-refractivity contribution in [2.75, 3.05) is 19.6 Å². The van der Waals surface area contributed by atoms with Crippen molar-refractivity contribution in [3.8, 4) is 0 Å². The highest BCUT2D eigenvalue weighted by Gasteiger charge is 2.33. The average molecular weight is 271 g/mol. The van der Waals surface area contributed by atoms with E-state index in [9.17, 15) is 4.79 Å². The zero-order valence-electron chi connectivity index (χ0n) is 12.3. The van der Waals surface area contributed by atoms with E-state index in [1.807, 2.05) is 6.07 Å². The second kappa shape index (κ2) is 6.53. The van der Waals surface area contributed by atoms with Crippen LogP contribution in [-0.4, -0.2) is 30.3 Å². The van der Waals surface area contributed by atoms with Crippen LogP contribution in [0.2, 0.25) is 0 Å². The maximum absolute atomic E-state index is 12.8. The summed E-state index contributed by atoms with van der Waals surface area (Å²) in [5, 5.41) is 0. The molecule has 1 aromatic carbocycles. The lowest BCUT2D eigenvalue weighted by molar-refractivity contribution is -0.127. The van der Waals surface area contributed by atoms with Crippen LogP contribution in [0, 0.1) is 5.92 Å². The third-order valence-electron chi connectivity index (χ3n) is 4.92. The Labute approximate surface area is 122 Å². The number of hydrogen-bond acceptors (Lipinski definition) is 2. The van der Waals surface area contributed by atoms with Crippen LogP contribution in [-0.2, 0) is 4.79 Å². The van der Waals surface area contributed by atoms with E-state index in [4.69, 9.17) is 0 Å². The van der Waals surface area contributed by atoms with E-state index in [1.165, 1.54) is 44.3 Å². The first-order valence-electron chi connectivity index (χ1n) is 8.15. The maximum atomic E-state index is 12.8. The number of benzene rings is 1. The van der Waals surface area contributed by atoms with Gasteiger partial charge in [0.1, 0.15) is 5.78 Å². The summed E-state index contributed by atoms with van der Waals surface area (Å²) in [4.78, 5) is 15.3. The monoisotopic (exact) mass is 271 g/mol. The van der Waals surface area contributed by atoms with E-state index in [2.05, 4.69) is 29.2 Å². The van der Waals surface area contributed by atoms with Gasteiger partial charge in [-0.1, -0.05) is 43.2 Å². The molecule has 20 heavy (non-hydrogen) atoms. The van der Waals surface area contributed by atoms with Crippen molar-refractivity contribution in [3.05, 3.63) is 35.9 Å². The lowest BCUT2D eigenvalue weighted by atomic mass is 9.76. The fourth-order valence-electron chi connectivity index (χ4n) is 3.79. The lowest BCUT2D eigenvalue weighted by Crippen LogP contribution is -2.39. The van der Waals surface area contributed by atoms with Crippen molar-refractivity contribution >= 4 is 5.78 Å². The zero-order valence-corrected chi connectivity index (χ0v) is 12.3. The van der Waals surface area contributed by atoms with Crippen molar-refractivity contribution in [1.29, 1.82) is 0 Å². The van der Waals surface area contributed by atoms with Crippen molar-refractivity contribution in [2.24, 2.45) is 5.92 Å². The Balaban J connectivity index is 1.65. The Bertz CT molecular complexity index is 436. The number of rotatable bonds is 3. The highest BCUT2D eigenvalue weighted by atomic mass is 16.1. The molecule has 0 N–H and O–H groups in total. The number of nitrogens with zero attached hydrogens (tertiary/aromatic N) is 1. The molecule has 2 aliphatic rings. The lowest BCUT2D eigenvalue weighted by Gasteiger charge is -2.34. The molecule has 1 aromatic rings. The Morgan fingerprint density at radius 2 is 1.70 bits per heavy atom. The van der Waals surface area contributed by atoms with Gasteiger partial charge in [0.25, 0.3) is 0 Å². The molecule has 2 heteroatoms. The van der Waals surface area contributed by atoms with Crippen LogP contribution in [0.25, 0.3) is 0 Å². The number of piperidine rings is 1. The standard InChI is InChI=1S/C18H25NO/c20-18-16(14-19-12-5-2-6-13-19)10-7-11-17(18)15-8-3-1-4-9-15/h1,3-4,8-9,16-17H,2,5-7,10-14H2/t16-,17+/m1/s1. The molecular weight excluding hydrogens is 246 g/mol. The summed E-state index contributed by atoms with van der Waals surface area (Å²) in [6.07, 6.45) is 7.32. The molecule has 2 fully saturated rings. The first-order chi connectivity index (χ1) is 9.84. The highest BCUT2D eigenvalue weighted by Crippen LogP contribution is 2.33. The SMILES string of the molecule is O=C1[C@@H](CN2CCCCC2)CCC[C@H]1c1ccccc1. The molecule has 1 aliphatic heterocycles. The number of Topliss-reactive ketones (excluding diaryl/α,β-unsaturated/α-hetero) is 1.